The molecule has 0 unspecified atom stereocenters. The molecule has 0 amide bonds. The van der Waals surface area contributed by atoms with Gasteiger partial charge in [-0.3, -0.25) is 0 Å². The number of nitrogens with zero attached hydrogens (tertiary/aromatic N) is 3. The van der Waals surface area contributed by atoms with Gasteiger partial charge in [-0.15, -0.1) is 5.10 Å². The highest BCUT2D eigenvalue weighted by molar-refractivity contribution is 7.89. The molecule has 1 heterocycles. The predicted molar refractivity (Wildman–Crippen MR) is 61.7 cm³/mol. The van der Waals surface area contributed by atoms with Crippen molar-refractivity contribution in [3.63, 3.8) is 0 Å². The zero-order valence-corrected chi connectivity index (χ0v) is 10.4. The molecule has 17 heavy (non-hydrogen) atoms. The van der Waals surface area contributed by atoms with Crippen molar-refractivity contribution in [1.82, 2.24) is 25.0 Å². The molecule has 9 heteroatoms. The van der Waals surface area contributed by atoms with E-state index < -0.39 is 10.0 Å². The molecule has 0 saturated carbocycles. The number of rotatable bonds is 8. The van der Waals surface area contributed by atoms with Crippen LogP contribution >= 0.6 is 0 Å². The molecule has 8 nitrogen and oxygen atoms in total. The third kappa shape index (κ3) is 5.22. The second-order valence-electron chi connectivity index (χ2n) is 3.40. The fourth-order valence-corrected chi connectivity index (χ4v) is 1.77. The summed E-state index contributed by atoms with van der Waals surface area (Å²) >= 11 is 0. The molecular formula is C8H17N5O3S. The van der Waals surface area contributed by atoms with Crippen LogP contribution < -0.4 is 10.0 Å². The van der Waals surface area contributed by atoms with Crippen LogP contribution in [0.2, 0.25) is 0 Å². The molecule has 0 spiro atoms. The van der Waals surface area contributed by atoms with E-state index >= 15 is 0 Å². The van der Waals surface area contributed by atoms with Crippen molar-refractivity contribution >= 4 is 10.0 Å². The van der Waals surface area contributed by atoms with Crippen LogP contribution in [0.5, 0.6) is 0 Å². The van der Waals surface area contributed by atoms with E-state index in [1.165, 1.54) is 11.7 Å². The maximum Gasteiger partial charge on any atom is 0.212 e. The Labute approximate surface area is 100 Å². The van der Waals surface area contributed by atoms with Gasteiger partial charge in [0.05, 0.1) is 24.6 Å². The molecule has 0 fully saturated rings. The molecule has 0 aliphatic rings. The fraction of sp³-hybridized carbons (Fsp3) is 0.750. The summed E-state index contributed by atoms with van der Waals surface area (Å²) in [7, 11) is -1.78. The highest BCUT2D eigenvalue weighted by Crippen LogP contribution is 1.92. The summed E-state index contributed by atoms with van der Waals surface area (Å²) < 4.78 is 25.9. The first-order valence-corrected chi connectivity index (χ1v) is 6.84. The van der Waals surface area contributed by atoms with E-state index in [4.69, 9.17) is 5.11 Å². The predicted octanol–water partition coefficient (Wildman–Crippen LogP) is -2.09. The monoisotopic (exact) mass is 263 g/mol. The van der Waals surface area contributed by atoms with Crippen LogP contribution in [0.1, 0.15) is 5.69 Å². The maximum atomic E-state index is 11.1. The summed E-state index contributed by atoms with van der Waals surface area (Å²) in [4.78, 5) is 0. The zero-order chi connectivity index (χ0) is 12.7. The van der Waals surface area contributed by atoms with Crippen molar-refractivity contribution in [2.24, 2.45) is 0 Å². The first-order valence-electron chi connectivity index (χ1n) is 5.19. The normalized spacial score (nSPS) is 11.9. The molecule has 0 aromatic carbocycles. The lowest BCUT2D eigenvalue weighted by Gasteiger charge is -2.02. The van der Waals surface area contributed by atoms with Crippen LogP contribution in [0.4, 0.5) is 0 Å². The summed E-state index contributed by atoms with van der Waals surface area (Å²) in [6, 6.07) is 0. The lowest BCUT2D eigenvalue weighted by atomic mass is 10.4. The average Bonchev–Trinajstić information content (AvgIpc) is 2.73. The van der Waals surface area contributed by atoms with Gasteiger partial charge in [0.1, 0.15) is 0 Å². The van der Waals surface area contributed by atoms with Crippen molar-refractivity contribution < 1.29 is 13.5 Å². The van der Waals surface area contributed by atoms with Gasteiger partial charge in [-0.2, -0.15) is 0 Å². The van der Waals surface area contributed by atoms with E-state index in [0.29, 0.717) is 25.3 Å². The van der Waals surface area contributed by atoms with Gasteiger partial charge in [-0.1, -0.05) is 5.21 Å². The number of hydrogen-bond acceptors (Lipinski definition) is 6. The molecule has 98 valence electrons. The smallest absolute Gasteiger partial charge is 0.212 e. The van der Waals surface area contributed by atoms with Crippen LogP contribution in [0, 0.1) is 0 Å². The lowest BCUT2D eigenvalue weighted by molar-refractivity contribution is 0.268. The topological polar surface area (TPSA) is 109 Å². The van der Waals surface area contributed by atoms with Gasteiger partial charge in [0.15, 0.2) is 0 Å². The number of sulfonamides is 1. The van der Waals surface area contributed by atoms with Crippen molar-refractivity contribution in [3.05, 3.63) is 11.9 Å². The summed E-state index contributed by atoms with van der Waals surface area (Å²) in [5.74, 6) is 0.0221. The van der Waals surface area contributed by atoms with Gasteiger partial charge >= 0.3 is 0 Å². The minimum Gasteiger partial charge on any atom is -0.394 e. The Kier molecular flexibility index (Phi) is 5.48. The van der Waals surface area contributed by atoms with E-state index in [-0.39, 0.29) is 12.4 Å². The van der Waals surface area contributed by atoms with Crippen LogP contribution in [0.25, 0.3) is 0 Å². The van der Waals surface area contributed by atoms with E-state index in [0.717, 1.165) is 0 Å². The largest absolute Gasteiger partial charge is 0.394 e. The molecule has 1 aromatic heterocycles. The van der Waals surface area contributed by atoms with Crippen molar-refractivity contribution in [2.75, 3.05) is 26.0 Å². The molecule has 0 radical (unpaired) electrons. The second-order valence-corrected chi connectivity index (χ2v) is 5.44. The average molecular weight is 263 g/mol. The number of aliphatic hydroxyl groups is 1. The van der Waals surface area contributed by atoms with E-state index in [1.54, 1.807) is 6.20 Å². The number of hydrogen-bond donors (Lipinski definition) is 3. The summed E-state index contributed by atoms with van der Waals surface area (Å²) in [6.07, 6.45) is 1.70. The van der Waals surface area contributed by atoms with Crippen LogP contribution in [0.3, 0.4) is 0 Å². The fourth-order valence-electron chi connectivity index (χ4n) is 1.16. The minimum absolute atomic E-state index is 0.0106. The first-order chi connectivity index (χ1) is 8.07. The van der Waals surface area contributed by atoms with E-state index in [2.05, 4.69) is 20.4 Å². The molecule has 0 saturated heterocycles. The van der Waals surface area contributed by atoms with Crippen molar-refractivity contribution in [3.8, 4) is 0 Å². The Morgan fingerprint density at radius 2 is 2.29 bits per heavy atom. The standard InChI is InChI=1S/C8H17N5O3S/c1-9-17(15,16)5-2-10-6-8-7-13(3-4-14)12-11-8/h7,9-10,14H,2-6H2,1H3. The Morgan fingerprint density at radius 1 is 1.53 bits per heavy atom. The van der Waals surface area contributed by atoms with Crippen molar-refractivity contribution in [1.29, 1.82) is 0 Å². The molecule has 1 aromatic rings. The van der Waals surface area contributed by atoms with Gasteiger partial charge in [-0.25, -0.2) is 17.8 Å². The minimum atomic E-state index is -3.16. The number of aromatic nitrogens is 3. The first kappa shape index (κ1) is 14.0. The van der Waals surface area contributed by atoms with Crippen molar-refractivity contribution in [2.45, 2.75) is 13.1 Å². The quantitative estimate of drug-likeness (QED) is 0.464. The SMILES string of the molecule is CNS(=O)(=O)CCNCc1cn(CCO)nn1. The number of aliphatic hydroxyl groups excluding tert-OH is 1. The van der Waals surface area contributed by atoms with E-state index in [1.807, 2.05) is 0 Å². The van der Waals surface area contributed by atoms with E-state index in [9.17, 15) is 8.42 Å². The Balaban J connectivity index is 2.26. The van der Waals surface area contributed by atoms with Crippen LogP contribution in [0.15, 0.2) is 6.20 Å². The number of nitrogens with one attached hydrogen (secondary N) is 2. The summed E-state index contributed by atoms with van der Waals surface area (Å²) in [5.41, 5.74) is 0.709. The molecule has 0 atom stereocenters. The third-order valence-corrected chi connectivity index (χ3v) is 3.44. The van der Waals surface area contributed by atoms with Gasteiger partial charge in [0.2, 0.25) is 10.0 Å². The molecule has 3 N–H and O–H groups in total. The second kappa shape index (κ2) is 6.64. The van der Waals surface area contributed by atoms with Gasteiger partial charge in [0, 0.05) is 19.3 Å². The van der Waals surface area contributed by atoms with Gasteiger partial charge in [-0.05, 0) is 7.05 Å². The molecule has 1 rings (SSSR count). The highest BCUT2D eigenvalue weighted by Gasteiger charge is 2.06. The summed E-state index contributed by atoms with van der Waals surface area (Å²) in [5, 5.41) is 19.3. The molecule has 0 aliphatic carbocycles. The highest BCUT2D eigenvalue weighted by atomic mass is 32.2. The van der Waals surface area contributed by atoms with Crippen LogP contribution in [-0.4, -0.2) is 54.5 Å². The summed E-state index contributed by atoms with van der Waals surface area (Å²) in [6.45, 7) is 1.21. The lowest BCUT2D eigenvalue weighted by Crippen LogP contribution is -2.29. The zero-order valence-electron chi connectivity index (χ0n) is 9.63. The Morgan fingerprint density at radius 3 is 2.94 bits per heavy atom. The van der Waals surface area contributed by atoms with Crippen LogP contribution in [-0.2, 0) is 23.1 Å². The molecule has 0 aliphatic heterocycles. The molecule has 0 bridgehead atoms. The van der Waals surface area contributed by atoms with Gasteiger partial charge < -0.3 is 10.4 Å². The third-order valence-electron chi connectivity index (χ3n) is 2.08. The maximum absolute atomic E-state index is 11.1. The van der Waals surface area contributed by atoms with Gasteiger partial charge in [0.25, 0.3) is 0 Å². The Bertz CT molecular complexity index is 430. The molecular weight excluding hydrogens is 246 g/mol. The Hall–Kier alpha value is -1.03.